The van der Waals surface area contributed by atoms with Gasteiger partial charge in [0, 0.05) is 18.3 Å². The van der Waals surface area contributed by atoms with Gasteiger partial charge in [-0.15, -0.1) is 0 Å². The first-order valence-corrected chi connectivity index (χ1v) is 9.74. The molecule has 1 aliphatic rings. The average molecular weight is 378 g/mol. The Labute approximate surface area is 166 Å². The number of anilines is 2. The second-order valence-electron chi connectivity index (χ2n) is 6.87. The van der Waals surface area contributed by atoms with E-state index in [1.54, 1.807) is 30.0 Å². The number of nitrogens with zero attached hydrogens (tertiary/aromatic N) is 1. The van der Waals surface area contributed by atoms with Gasteiger partial charge >= 0.3 is 0 Å². The van der Waals surface area contributed by atoms with Gasteiger partial charge in [-0.3, -0.25) is 9.59 Å². The molecule has 0 saturated heterocycles. The molecular formula is C23H26N2O3. The minimum atomic E-state index is -0.497. The summed E-state index contributed by atoms with van der Waals surface area (Å²) in [5, 5.41) is 2.86. The van der Waals surface area contributed by atoms with Gasteiger partial charge in [0.2, 0.25) is 5.91 Å². The fourth-order valence-electron chi connectivity index (χ4n) is 3.16. The lowest BCUT2D eigenvalue weighted by molar-refractivity contribution is -0.125. The Kier molecular flexibility index (Phi) is 6.48. The molecule has 0 aromatic heterocycles. The third-order valence-electron chi connectivity index (χ3n) is 4.65. The molecule has 1 atom stereocenters. The summed E-state index contributed by atoms with van der Waals surface area (Å²) in [7, 11) is 0. The molecule has 5 nitrogen and oxygen atoms in total. The fourth-order valence-corrected chi connectivity index (χ4v) is 3.16. The molecule has 0 fully saturated rings. The van der Waals surface area contributed by atoms with Gasteiger partial charge in [0.05, 0.1) is 5.69 Å². The summed E-state index contributed by atoms with van der Waals surface area (Å²) in [6.45, 7) is 4.55. The van der Waals surface area contributed by atoms with Crippen molar-refractivity contribution in [3.05, 3.63) is 60.2 Å². The minimum Gasteiger partial charge on any atom is -0.479 e. The van der Waals surface area contributed by atoms with Crippen molar-refractivity contribution in [2.75, 3.05) is 16.8 Å². The highest BCUT2D eigenvalue weighted by atomic mass is 16.5. The van der Waals surface area contributed by atoms with Crippen LogP contribution in [-0.2, 0) is 9.59 Å². The standard InChI is InChI=1S/C23H26N2O3/c1-3-4-8-15-25-20-16-19(12-13-21(20)28-17(2)23(25)27)24-22(26)14-11-18-9-6-5-7-10-18/h5-7,9-14,16-17H,3-4,8,15H2,1-2H3,(H,24,26)/b14-11+. The molecule has 2 aromatic rings. The van der Waals surface area contributed by atoms with Crippen LogP contribution in [0.25, 0.3) is 6.08 Å². The molecule has 0 spiro atoms. The molecule has 0 saturated carbocycles. The van der Waals surface area contributed by atoms with Crippen molar-refractivity contribution in [1.29, 1.82) is 0 Å². The van der Waals surface area contributed by atoms with Crippen LogP contribution in [0.4, 0.5) is 11.4 Å². The number of unbranched alkanes of at least 4 members (excludes halogenated alkanes) is 2. The van der Waals surface area contributed by atoms with Gasteiger partial charge in [0.15, 0.2) is 6.10 Å². The predicted molar refractivity (Wildman–Crippen MR) is 113 cm³/mol. The SMILES string of the molecule is CCCCCN1C(=O)C(C)Oc2ccc(NC(=O)/C=C/c3ccccc3)cc21. The van der Waals surface area contributed by atoms with Crippen molar-refractivity contribution >= 4 is 29.3 Å². The second kappa shape index (κ2) is 9.22. The molecule has 5 heteroatoms. The van der Waals surface area contributed by atoms with E-state index < -0.39 is 6.10 Å². The largest absolute Gasteiger partial charge is 0.479 e. The van der Waals surface area contributed by atoms with Gasteiger partial charge in [-0.2, -0.15) is 0 Å². The molecular weight excluding hydrogens is 352 g/mol. The molecule has 1 aliphatic heterocycles. The van der Waals surface area contributed by atoms with E-state index in [1.807, 2.05) is 36.4 Å². The predicted octanol–water partition coefficient (Wildman–Crippen LogP) is 4.64. The smallest absolute Gasteiger partial charge is 0.267 e. The number of amides is 2. The number of ether oxygens (including phenoxy) is 1. The highest BCUT2D eigenvalue weighted by Crippen LogP contribution is 2.36. The molecule has 0 bridgehead atoms. The van der Waals surface area contributed by atoms with E-state index in [4.69, 9.17) is 4.74 Å². The zero-order chi connectivity index (χ0) is 19.9. The molecule has 2 amide bonds. The Morgan fingerprint density at radius 2 is 1.96 bits per heavy atom. The maximum atomic E-state index is 12.6. The van der Waals surface area contributed by atoms with Crippen LogP contribution < -0.4 is 15.0 Å². The Hall–Kier alpha value is -3.08. The van der Waals surface area contributed by atoms with Crippen LogP contribution in [0.15, 0.2) is 54.6 Å². The average Bonchev–Trinajstić information content (AvgIpc) is 2.70. The van der Waals surface area contributed by atoms with Crippen LogP contribution in [0.1, 0.15) is 38.7 Å². The zero-order valence-electron chi connectivity index (χ0n) is 16.4. The Balaban J connectivity index is 1.74. The first kappa shape index (κ1) is 19.7. The monoisotopic (exact) mass is 378 g/mol. The summed E-state index contributed by atoms with van der Waals surface area (Å²) in [6.07, 6.45) is 5.85. The Bertz CT molecular complexity index is 861. The maximum Gasteiger partial charge on any atom is 0.267 e. The number of fused-ring (bicyclic) bond motifs is 1. The van der Waals surface area contributed by atoms with E-state index >= 15 is 0 Å². The highest BCUT2D eigenvalue weighted by molar-refractivity contribution is 6.04. The van der Waals surface area contributed by atoms with Gasteiger partial charge in [-0.25, -0.2) is 0 Å². The molecule has 2 aromatic carbocycles. The van der Waals surface area contributed by atoms with Crippen molar-refractivity contribution in [3.63, 3.8) is 0 Å². The molecule has 1 heterocycles. The van der Waals surface area contributed by atoms with Gasteiger partial charge in [-0.1, -0.05) is 50.1 Å². The second-order valence-corrected chi connectivity index (χ2v) is 6.87. The van der Waals surface area contributed by atoms with Crippen molar-refractivity contribution in [1.82, 2.24) is 0 Å². The molecule has 0 aliphatic carbocycles. The lowest BCUT2D eigenvalue weighted by Gasteiger charge is -2.33. The highest BCUT2D eigenvalue weighted by Gasteiger charge is 2.31. The van der Waals surface area contributed by atoms with Crippen molar-refractivity contribution in [3.8, 4) is 5.75 Å². The lowest BCUT2D eigenvalue weighted by atomic mass is 10.1. The summed E-state index contributed by atoms with van der Waals surface area (Å²) in [6, 6.07) is 15.0. The Morgan fingerprint density at radius 3 is 2.71 bits per heavy atom. The van der Waals surface area contributed by atoms with Gasteiger partial charge in [-0.05, 0) is 43.2 Å². The fraction of sp³-hybridized carbons (Fsp3) is 0.304. The van der Waals surface area contributed by atoms with E-state index in [0.29, 0.717) is 23.7 Å². The van der Waals surface area contributed by atoms with Crippen molar-refractivity contribution in [2.24, 2.45) is 0 Å². The van der Waals surface area contributed by atoms with Crippen LogP contribution in [0, 0.1) is 0 Å². The van der Waals surface area contributed by atoms with E-state index in [2.05, 4.69) is 12.2 Å². The quantitative estimate of drug-likeness (QED) is 0.564. The number of rotatable bonds is 7. The summed E-state index contributed by atoms with van der Waals surface area (Å²) < 4.78 is 5.73. The van der Waals surface area contributed by atoms with Crippen LogP contribution in [-0.4, -0.2) is 24.5 Å². The van der Waals surface area contributed by atoms with Gasteiger partial charge < -0.3 is 15.0 Å². The number of hydrogen-bond acceptors (Lipinski definition) is 3. The molecule has 1 unspecified atom stereocenters. The third-order valence-corrected chi connectivity index (χ3v) is 4.65. The van der Waals surface area contributed by atoms with E-state index in [0.717, 1.165) is 24.8 Å². The lowest BCUT2D eigenvalue weighted by Crippen LogP contribution is -2.44. The Morgan fingerprint density at radius 1 is 1.18 bits per heavy atom. The zero-order valence-corrected chi connectivity index (χ0v) is 16.4. The molecule has 0 radical (unpaired) electrons. The number of carbonyl (C=O) groups excluding carboxylic acids is 2. The molecule has 28 heavy (non-hydrogen) atoms. The number of hydrogen-bond donors (Lipinski definition) is 1. The summed E-state index contributed by atoms with van der Waals surface area (Å²) in [4.78, 5) is 26.6. The first-order chi connectivity index (χ1) is 13.6. The third kappa shape index (κ3) is 4.80. The van der Waals surface area contributed by atoms with E-state index in [9.17, 15) is 9.59 Å². The van der Waals surface area contributed by atoms with Gasteiger partial charge in [0.25, 0.3) is 5.91 Å². The number of benzene rings is 2. The van der Waals surface area contributed by atoms with Crippen LogP contribution >= 0.6 is 0 Å². The molecule has 1 N–H and O–H groups in total. The van der Waals surface area contributed by atoms with Crippen LogP contribution in [0.3, 0.4) is 0 Å². The van der Waals surface area contributed by atoms with Crippen molar-refractivity contribution < 1.29 is 14.3 Å². The minimum absolute atomic E-state index is 0.0453. The normalized spacial score (nSPS) is 16.0. The summed E-state index contributed by atoms with van der Waals surface area (Å²) in [5.41, 5.74) is 2.30. The van der Waals surface area contributed by atoms with E-state index in [-0.39, 0.29) is 11.8 Å². The van der Waals surface area contributed by atoms with E-state index in [1.165, 1.54) is 6.08 Å². The molecule has 3 rings (SSSR count). The molecule has 146 valence electrons. The first-order valence-electron chi connectivity index (χ1n) is 9.74. The van der Waals surface area contributed by atoms with Crippen LogP contribution in [0.5, 0.6) is 5.75 Å². The van der Waals surface area contributed by atoms with Crippen LogP contribution in [0.2, 0.25) is 0 Å². The summed E-state index contributed by atoms with van der Waals surface area (Å²) >= 11 is 0. The topological polar surface area (TPSA) is 58.6 Å². The summed E-state index contributed by atoms with van der Waals surface area (Å²) in [5.74, 6) is 0.398. The number of carbonyl (C=O) groups is 2. The number of nitrogens with one attached hydrogen (secondary N) is 1. The van der Waals surface area contributed by atoms with Gasteiger partial charge in [0.1, 0.15) is 5.75 Å². The van der Waals surface area contributed by atoms with Crippen molar-refractivity contribution in [2.45, 2.75) is 39.2 Å². The maximum absolute atomic E-state index is 12.6.